The van der Waals surface area contributed by atoms with Gasteiger partial charge in [0.1, 0.15) is 27.8 Å². The molecule has 1 aromatic heterocycles. The molecule has 5 rings (SSSR count). The summed E-state index contributed by atoms with van der Waals surface area (Å²) in [4.78, 5) is 22.3. The van der Waals surface area contributed by atoms with Crippen LogP contribution in [0.1, 0.15) is 12.8 Å². The molecule has 2 aliphatic rings. The number of carbonyl (C=O) groups is 1. The van der Waals surface area contributed by atoms with Crippen molar-refractivity contribution in [2.75, 3.05) is 51.8 Å². The van der Waals surface area contributed by atoms with E-state index in [9.17, 15) is 13.2 Å². The summed E-state index contributed by atoms with van der Waals surface area (Å²) in [5.41, 5.74) is 0.754. The van der Waals surface area contributed by atoms with E-state index < -0.39 is 16.1 Å². The first-order valence-electron chi connectivity index (χ1n) is 11.7. The minimum absolute atomic E-state index is 0.141. The van der Waals surface area contributed by atoms with Gasteiger partial charge >= 0.3 is 0 Å². The van der Waals surface area contributed by atoms with Crippen molar-refractivity contribution in [1.29, 1.82) is 0 Å². The average molecular weight is 551 g/mol. The zero-order valence-corrected chi connectivity index (χ0v) is 22.4. The Morgan fingerprint density at radius 3 is 2.33 bits per heavy atom. The molecule has 0 saturated carbocycles. The Balaban J connectivity index is 1.29. The normalized spacial score (nSPS) is 19.1. The number of fused-ring (bicyclic) bond motifs is 1. The van der Waals surface area contributed by atoms with E-state index in [-0.39, 0.29) is 10.8 Å². The van der Waals surface area contributed by atoms with Gasteiger partial charge in [0.05, 0.1) is 19.1 Å². The largest absolute Gasteiger partial charge is 0.495 e. The summed E-state index contributed by atoms with van der Waals surface area (Å²) in [6, 6.07) is 9.09. The molecule has 2 aromatic carbocycles. The lowest BCUT2D eigenvalue weighted by Gasteiger charge is -2.37. The van der Waals surface area contributed by atoms with Crippen LogP contribution in [-0.4, -0.2) is 81.5 Å². The summed E-state index contributed by atoms with van der Waals surface area (Å²) < 4.78 is 39.7. The van der Waals surface area contributed by atoms with Crippen molar-refractivity contribution in [3.63, 3.8) is 0 Å². The van der Waals surface area contributed by atoms with E-state index in [1.54, 1.807) is 31.3 Å². The van der Waals surface area contributed by atoms with Crippen molar-refractivity contribution in [2.45, 2.75) is 23.8 Å². The molecule has 12 heteroatoms. The summed E-state index contributed by atoms with van der Waals surface area (Å²) >= 11 is 7.45. The van der Waals surface area contributed by atoms with Crippen molar-refractivity contribution in [2.24, 2.45) is 0 Å². The van der Waals surface area contributed by atoms with Crippen LogP contribution in [0.2, 0.25) is 5.02 Å². The van der Waals surface area contributed by atoms with Gasteiger partial charge in [-0.25, -0.2) is 13.4 Å². The molecule has 2 aliphatic heterocycles. The second-order valence-electron chi connectivity index (χ2n) is 8.68. The fraction of sp³-hybridized carbons (Fsp3) is 0.417. The number of ether oxygens (including phenoxy) is 2. The van der Waals surface area contributed by atoms with Crippen LogP contribution in [-0.2, 0) is 14.8 Å². The maximum Gasteiger partial charge on any atom is 0.243 e. The van der Waals surface area contributed by atoms with Gasteiger partial charge < -0.3 is 19.3 Å². The minimum atomic E-state index is -3.79. The fourth-order valence-corrected chi connectivity index (χ4v) is 7.66. The molecule has 3 heterocycles. The SMILES string of the molecule is COc1ccc(OC)c2sc(N3CCN(C(=O)C4CCCN4S(=O)(=O)c4ccc(Cl)cc4)CC3)nc12. The Labute approximate surface area is 219 Å². The topological polar surface area (TPSA) is 92.3 Å². The van der Waals surface area contributed by atoms with Crippen molar-refractivity contribution < 1.29 is 22.7 Å². The van der Waals surface area contributed by atoms with Gasteiger partial charge in [0.25, 0.3) is 0 Å². The molecule has 0 N–H and O–H groups in total. The maximum absolute atomic E-state index is 13.4. The fourth-order valence-electron chi connectivity index (χ4n) is 4.76. The van der Waals surface area contributed by atoms with Crippen molar-refractivity contribution in [3.05, 3.63) is 41.4 Å². The van der Waals surface area contributed by atoms with Crippen molar-refractivity contribution in [1.82, 2.24) is 14.2 Å². The number of hydrogen-bond donors (Lipinski definition) is 0. The van der Waals surface area contributed by atoms with Gasteiger partial charge in [-0.05, 0) is 49.2 Å². The molecule has 1 unspecified atom stereocenters. The monoisotopic (exact) mass is 550 g/mol. The average Bonchev–Trinajstić information content (AvgIpc) is 3.57. The van der Waals surface area contributed by atoms with E-state index in [4.69, 9.17) is 26.1 Å². The molecular weight excluding hydrogens is 524 g/mol. The summed E-state index contributed by atoms with van der Waals surface area (Å²) in [5, 5.41) is 1.30. The van der Waals surface area contributed by atoms with Crippen LogP contribution in [0.25, 0.3) is 10.2 Å². The number of benzene rings is 2. The predicted molar refractivity (Wildman–Crippen MR) is 140 cm³/mol. The number of sulfonamides is 1. The Morgan fingerprint density at radius 1 is 1.00 bits per heavy atom. The van der Waals surface area contributed by atoms with E-state index in [0.29, 0.717) is 56.3 Å². The number of nitrogens with zero attached hydrogens (tertiary/aromatic N) is 4. The Hall–Kier alpha value is -2.60. The molecule has 2 saturated heterocycles. The number of hydrogen-bond acceptors (Lipinski definition) is 8. The Kier molecular flexibility index (Phi) is 6.99. The van der Waals surface area contributed by atoms with Crippen molar-refractivity contribution >= 4 is 54.2 Å². The van der Waals surface area contributed by atoms with E-state index in [2.05, 4.69) is 4.90 Å². The molecule has 0 aliphatic carbocycles. The third-order valence-corrected chi connectivity index (χ3v) is 9.97. The second-order valence-corrected chi connectivity index (χ2v) is 12.0. The van der Waals surface area contributed by atoms with Crippen LogP contribution >= 0.6 is 22.9 Å². The van der Waals surface area contributed by atoms with Crippen LogP contribution in [0.5, 0.6) is 11.5 Å². The predicted octanol–water partition coefficient (Wildman–Crippen LogP) is 3.47. The summed E-state index contributed by atoms with van der Waals surface area (Å²) in [6.07, 6.45) is 1.17. The highest BCUT2D eigenvalue weighted by Gasteiger charge is 2.41. The van der Waals surface area contributed by atoms with Crippen molar-refractivity contribution in [3.8, 4) is 11.5 Å². The number of anilines is 1. The highest BCUT2D eigenvalue weighted by molar-refractivity contribution is 7.89. The van der Waals surface area contributed by atoms with Crippen LogP contribution in [0.15, 0.2) is 41.3 Å². The summed E-state index contributed by atoms with van der Waals surface area (Å²) in [7, 11) is -0.541. The quantitative estimate of drug-likeness (QED) is 0.464. The third-order valence-electron chi connectivity index (χ3n) is 6.67. The molecule has 0 spiro atoms. The lowest BCUT2D eigenvalue weighted by Crippen LogP contribution is -2.54. The van der Waals surface area contributed by atoms with E-state index in [1.165, 1.54) is 27.8 Å². The van der Waals surface area contributed by atoms with Gasteiger partial charge in [0, 0.05) is 37.7 Å². The van der Waals surface area contributed by atoms with E-state index in [0.717, 1.165) is 21.1 Å². The second kappa shape index (κ2) is 10.0. The zero-order valence-electron chi connectivity index (χ0n) is 20.0. The Morgan fingerprint density at radius 2 is 1.67 bits per heavy atom. The standard InChI is InChI=1S/C24H27ClN4O5S2/c1-33-19-9-10-20(34-2)22-21(19)26-24(35-22)28-14-12-27(13-15-28)23(30)18-4-3-11-29(18)36(31,32)17-7-5-16(25)6-8-17/h5-10,18H,3-4,11-15H2,1-2H3. The number of methoxy groups -OCH3 is 2. The highest BCUT2D eigenvalue weighted by Crippen LogP contribution is 2.40. The van der Waals surface area contributed by atoms with E-state index >= 15 is 0 Å². The number of halogens is 1. The first-order valence-corrected chi connectivity index (χ1v) is 14.3. The Bertz CT molecular complexity index is 1330. The molecular formula is C24H27ClN4O5S2. The number of piperazine rings is 1. The number of aromatic nitrogens is 1. The summed E-state index contributed by atoms with van der Waals surface area (Å²) in [6.45, 7) is 2.53. The molecule has 0 bridgehead atoms. The lowest BCUT2D eigenvalue weighted by molar-refractivity contribution is -0.134. The smallest absolute Gasteiger partial charge is 0.243 e. The number of carbonyl (C=O) groups excluding carboxylic acids is 1. The lowest BCUT2D eigenvalue weighted by atomic mass is 10.2. The zero-order chi connectivity index (χ0) is 25.4. The third kappa shape index (κ3) is 4.49. The maximum atomic E-state index is 13.4. The van der Waals surface area contributed by atoms with Gasteiger partial charge in [-0.3, -0.25) is 4.79 Å². The van der Waals surface area contributed by atoms with Crippen LogP contribution in [0, 0.1) is 0 Å². The number of thiazole rings is 1. The molecule has 9 nitrogen and oxygen atoms in total. The van der Waals surface area contributed by atoms with Crippen LogP contribution in [0.3, 0.4) is 0 Å². The highest BCUT2D eigenvalue weighted by atomic mass is 35.5. The molecule has 36 heavy (non-hydrogen) atoms. The van der Waals surface area contributed by atoms with Gasteiger partial charge in [0.2, 0.25) is 15.9 Å². The number of rotatable bonds is 6. The van der Waals surface area contributed by atoms with Gasteiger partial charge in [-0.15, -0.1) is 0 Å². The molecule has 1 atom stereocenters. The first kappa shape index (κ1) is 25.1. The van der Waals surface area contributed by atoms with Crippen LogP contribution in [0.4, 0.5) is 5.13 Å². The van der Waals surface area contributed by atoms with E-state index in [1.807, 2.05) is 12.1 Å². The molecule has 192 valence electrons. The minimum Gasteiger partial charge on any atom is -0.495 e. The van der Waals surface area contributed by atoms with Crippen LogP contribution < -0.4 is 14.4 Å². The number of amides is 1. The molecule has 3 aromatic rings. The molecule has 0 radical (unpaired) electrons. The van der Waals surface area contributed by atoms with Gasteiger partial charge in [-0.2, -0.15) is 4.31 Å². The van der Waals surface area contributed by atoms with Gasteiger partial charge in [-0.1, -0.05) is 22.9 Å². The summed E-state index contributed by atoms with van der Waals surface area (Å²) in [5.74, 6) is 1.29. The molecule has 1 amide bonds. The van der Waals surface area contributed by atoms with Gasteiger partial charge in [0.15, 0.2) is 5.13 Å². The molecule has 2 fully saturated rings. The first-order chi connectivity index (χ1) is 17.3.